The van der Waals surface area contributed by atoms with Crippen molar-refractivity contribution < 1.29 is 9.53 Å². The van der Waals surface area contributed by atoms with Crippen molar-refractivity contribution in [2.75, 3.05) is 11.9 Å². The molecule has 5 heteroatoms. The number of aryl methyl sites for hydroxylation is 1. The summed E-state index contributed by atoms with van der Waals surface area (Å²) < 4.78 is 5.51. The third-order valence-corrected chi connectivity index (χ3v) is 5.75. The standard InChI is InChI=1S/C19H20N2O2S/c1-2-11-23-13-9-7-12(8-10-13)17-20-18(22)16-14-5-3-4-6-15(14)24-19(16)21-17/h2,7-10,17,21H,1,3-6,11H2,(H,20,22)/t17-/m0/s1. The van der Waals surface area contributed by atoms with Gasteiger partial charge in [0, 0.05) is 4.88 Å². The average Bonchev–Trinajstić information content (AvgIpc) is 2.99. The van der Waals surface area contributed by atoms with Crippen LogP contribution < -0.4 is 15.4 Å². The molecule has 0 radical (unpaired) electrons. The zero-order valence-corrected chi connectivity index (χ0v) is 14.2. The fourth-order valence-electron chi connectivity index (χ4n) is 3.36. The summed E-state index contributed by atoms with van der Waals surface area (Å²) in [6, 6.07) is 7.80. The van der Waals surface area contributed by atoms with Gasteiger partial charge in [-0.1, -0.05) is 24.8 Å². The third-order valence-electron chi connectivity index (χ3n) is 4.53. The zero-order valence-electron chi connectivity index (χ0n) is 13.4. The minimum atomic E-state index is -0.196. The molecule has 0 saturated carbocycles. The van der Waals surface area contributed by atoms with Crippen LogP contribution in [0.2, 0.25) is 0 Å². The van der Waals surface area contributed by atoms with E-state index in [0.717, 1.165) is 34.7 Å². The summed E-state index contributed by atoms with van der Waals surface area (Å²) in [7, 11) is 0. The monoisotopic (exact) mass is 340 g/mol. The first-order valence-corrected chi connectivity index (χ1v) is 9.13. The maximum atomic E-state index is 12.6. The fourth-order valence-corrected chi connectivity index (χ4v) is 4.67. The molecule has 1 atom stereocenters. The second-order valence-corrected chi connectivity index (χ2v) is 7.24. The van der Waals surface area contributed by atoms with Gasteiger partial charge in [-0.2, -0.15) is 0 Å². The largest absolute Gasteiger partial charge is 0.490 e. The Labute approximate surface area is 145 Å². The average molecular weight is 340 g/mol. The van der Waals surface area contributed by atoms with Gasteiger partial charge in [0.2, 0.25) is 0 Å². The molecule has 1 aliphatic heterocycles. The predicted octanol–water partition coefficient (Wildman–Crippen LogP) is 4.05. The minimum absolute atomic E-state index is 0.0418. The van der Waals surface area contributed by atoms with Crippen molar-refractivity contribution in [2.45, 2.75) is 31.8 Å². The Morgan fingerprint density at radius 1 is 1.21 bits per heavy atom. The molecule has 1 amide bonds. The van der Waals surface area contributed by atoms with E-state index in [1.54, 1.807) is 17.4 Å². The molecule has 2 N–H and O–H groups in total. The highest BCUT2D eigenvalue weighted by Gasteiger charge is 2.31. The van der Waals surface area contributed by atoms with E-state index >= 15 is 0 Å². The van der Waals surface area contributed by atoms with Crippen LogP contribution in [-0.2, 0) is 12.8 Å². The second-order valence-electron chi connectivity index (χ2n) is 6.13. The summed E-state index contributed by atoms with van der Waals surface area (Å²) >= 11 is 1.75. The number of carbonyl (C=O) groups excluding carboxylic acids is 1. The molecule has 1 aromatic heterocycles. The van der Waals surface area contributed by atoms with Crippen molar-refractivity contribution in [3.63, 3.8) is 0 Å². The molecule has 0 bridgehead atoms. The summed E-state index contributed by atoms with van der Waals surface area (Å²) in [5.41, 5.74) is 3.15. The molecule has 124 valence electrons. The van der Waals surface area contributed by atoms with Gasteiger partial charge >= 0.3 is 0 Å². The summed E-state index contributed by atoms with van der Waals surface area (Å²) in [5.74, 6) is 0.841. The minimum Gasteiger partial charge on any atom is -0.490 e. The number of carbonyl (C=O) groups is 1. The van der Waals surface area contributed by atoms with Crippen LogP contribution in [0.4, 0.5) is 5.00 Å². The number of fused-ring (bicyclic) bond motifs is 3. The van der Waals surface area contributed by atoms with Gasteiger partial charge in [-0.05, 0) is 48.9 Å². The first kappa shape index (κ1) is 15.3. The Bertz CT molecular complexity index is 779. The number of benzene rings is 1. The predicted molar refractivity (Wildman–Crippen MR) is 96.9 cm³/mol. The Kier molecular flexibility index (Phi) is 4.02. The maximum Gasteiger partial charge on any atom is 0.256 e. The smallest absolute Gasteiger partial charge is 0.256 e. The van der Waals surface area contributed by atoms with Gasteiger partial charge in [0.05, 0.1) is 5.56 Å². The number of amides is 1. The normalized spacial score (nSPS) is 18.8. The van der Waals surface area contributed by atoms with Crippen LogP contribution in [0.5, 0.6) is 5.75 Å². The molecule has 24 heavy (non-hydrogen) atoms. The lowest BCUT2D eigenvalue weighted by Gasteiger charge is -2.27. The molecule has 1 aliphatic carbocycles. The number of hydrogen-bond donors (Lipinski definition) is 2. The van der Waals surface area contributed by atoms with E-state index in [4.69, 9.17) is 4.74 Å². The van der Waals surface area contributed by atoms with Gasteiger partial charge in [0.15, 0.2) is 0 Å². The number of anilines is 1. The number of hydrogen-bond acceptors (Lipinski definition) is 4. The lowest BCUT2D eigenvalue weighted by Crippen LogP contribution is -2.38. The third kappa shape index (κ3) is 2.69. The summed E-state index contributed by atoms with van der Waals surface area (Å²) in [5, 5.41) is 7.60. The number of nitrogens with one attached hydrogen (secondary N) is 2. The van der Waals surface area contributed by atoms with E-state index in [1.165, 1.54) is 23.3 Å². The number of rotatable bonds is 4. The summed E-state index contributed by atoms with van der Waals surface area (Å²) in [6.45, 7) is 4.13. The number of thiophene rings is 1. The fraction of sp³-hybridized carbons (Fsp3) is 0.316. The van der Waals surface area contributed by atoms with Crippen molar-refractivity contribution in [3.8, 4) is 5.75 Å². The van der Waals surface area contributed by atoms with E-state index in [1.807, 2.05) is 24.3 Å². The molecule has 0 fully saturated rings. The van der Waals surface area contributed by atoms with E-state index in [-0.39, 0.29) is 12.1 Å². The van der Waals surface area contributed by atoms with Crippen molar-refractivity contribution in [1.29, 1.82) is 0 Å². The van der Waals surface area contributed by atoms with Crippen molar-refractivity contribution in [3.05, 3.63) is 58.5 Å². The highest BCUT2D eigenvalue weighted by atomic mass is 32.1. The molecule has 2 aliphatic rings. The van der Waals surface area contributed by atoms with Crippen LogP contribution >= 0.6 is 11.3 Å². The van der Waals surface area contributed by atoms with E-state index in [9.17, 15) is 4.79 Å². The molecule has 2 heterocycles. The zero-order chi connectivity index (χ0) is 16.5. The molecule has 4 nitrogen and oxygen atoms in total. The highest BCUT2D eigenvalue weighted by molar-refractivity contribution is 7.16. The SMILES string of the molecule is C=CCOc1ccc([C@H]2NC(=O)c3c(sc4c3CCCC4)N2)cc1. The van der Waals surface area contributed by atoms with Crippen LogP contribution in [0.25, 0.3) is 0 Å². The topological polar surface area (TPSA) is 50.4 Å². The maximum absolute atomic E-state index is 12.6. The summed E-state index contributed by atoms with van der Waals surface area (Å²) in [4.78, 5) is 14.0. The molecule has 0 unspecified atom stereocenters. The van der Waals surface area contributed by atoms with Gasteiger partial charge in [0.25, 0.3) is 5.91 Å². The Morgan fingerprint density at radius 2 is 2.00 bits per heavy atom. The molecule has 2 aromatic rings. The van der Waals surface area contributed by atoms with Crippen LogP contribution in [0, 0.1) is 0 Å². The molecule has 1 aromatic carbocycles. The highest BCUT2D eigenvalue weighted by Crippen LogP contribution is 2.41. The Hall–Kier alpha value is -2.27. The van der Waals surface area contributed by atoms with Gasteiger partial charge < -0.3 is 15.4 Å². The summed E-state index contributed by atoms with van der Waals surface area (Å²) in [6.07, 6.45) is 6.05. The first-order valence-electron chi connectivity index (χ1n) is 8.32. The van der Waals surface area contributed by atoms with Crippen LogP contribution in [0.15, 0.2) is 36.9 Å². The Morgan fingerprint density at radius 3 is 2.79 bits per heavy atom. The van der Waals surface area contributed by atoms with Gasteiger partial charge in [-0.15, -0.1) is 11.3 Å². The lowest BCUT2D eigenvalue weighted by molar-refractivity contribution is 0.0935. The van der Waals surface area contributed by atoms with E-state index < -0.39 is 0 Å². The molecule has 0 saturated heterocycles. The van der Waals surface area contributed by atoms with Crippen LogP contribution in [-0.4, -0.2) is 12.5 Å². The van der Waals surface area contributed by atoms with Gasteiger partial charge in [0.1, 0.15) is 23.5 Å². The first-order chi connectivity index (χ1) is 11.8. The molecule has 4 rings (SSSR count). The van der Waals surface area contributed by atoms with Gasteiger partial charge in [-0.25, -0.2) is 0 Å². The number of ether oxygens (including phenoxy) is 1. The van der Waals surface area contributed by atoms with Crippen molar-refractivity contribution in [1.82, 2.24) is 5.32 Å². The van der Waals surface area contributed by atoms with Crippen LogP contribution in [0.3, 0.4) is 0 Å². The molecular formula is C19H20N2O2S. The van der Waals surface area contributed by atoms with Crippen molar-refractivity contribution in [2.24, 2.45) is 0 Å². The molecule has 0 spiro atoms. The van der Waals surface area contributed by atoms with E-state index in [2.05, 4.69) is 17.2 Å². The lowest BCUT2D eigenvalue weighted by atomic mass is 9.94. The van der Waals surface area contributed by atoms with Crippen LogP contribution in [0.1, 0.15) is 45.4 Å². The van der Waals surface area contributed by atoms with Gasteiger partial charge in [-0.3, -0.25) is 4.79 Å². The second kappa shape index (κ2) is 6.32. The molecular weight excluding hydrogens is 320 g/mol. The quantitative estimate of drug-likeness (QED) is 0.826. The van der Waals surface area contributed by atoms with Crippen molar-refractivity contribution >= 4 is 22.2 Å². The Balaban J connectivity index is 1.57. The van der Waals surface area contributed by atoms with E-state index in [0.29, 0.717) is 6.61 Å².